The third-order valence-corrected chi connectivity index (χ3v) is 2.98. The van der Waals surface area contributed by atoms with Gasteiger partial charge in [-0.15, -0.1) is 0 Å². The molecule has 6 nitrogen and oxygen atoms in total. The number of nitriles is 1. The molecular formula is C15H14N4O2. The number of carboxylic acid groups (broad SMARTS) is 1. The monoisotopic (exact) mass is 282 g/mol. The van der Waals surface area contributed by atoms with Gasteiger partial charge in [-0.3, -0.25) is 0 Å². The number of rotatable bonds is 4. The lowest BCUT2D eigenvalue weighted by Crippen LogP contribution is -2.19. The van der Waals surface area contributed by atoms with Crippen LogP contribution in [0.2, 0.25) is 0 Å². The maximum Gasteiger partial charge on any atom is 0.337 e. The fourth-order valence-electron chi connectivity index (χ4n) is 2.00. The van der Waals surface area contributed by atoms with Crippen LogP contribution in [-0.4, -0.2) is 23.1 Å². The van der Waals surface area contributed by atoms with Crippen LogP contribution in [0.15, 0.2) is 36.5 Å². The molecule has 6 heteroatoms. The molecule has 0 spiro atoms. The minimum Gasteiger partial charge on any atom is -0.478 e. The average Bonchev–Trinajstić information content (AvgIpc) is 2.47. The highest BCUT2D eigenvalue weighted by Gasteiger charge is 2.11. The molecule has 106 valence electrons. The van der Waals surface area contributed by atoms with Crippen LogP contribution in [0.25, 0.3) is 0 Å². The summed E-state index contributed by atoms with van der Waals surface area (Å²) in [5.74, 6) is -0.563. The second-order valence-electron chi connectivity index (χ2n) is 4.61. The van der Waals surface area contributed by atoms with Gasteiger partial charge in [0.25, 0.3) is 0 Å². The number of pyridine rings is 1. The summed E-state index contributed by atoms with van der Waals surface area (Å²) in [5, 5.41) is 17.8. The third-order valence-electron chi connectivity index (χ3n) is 2.98. The Bertz CT molecular complexity index is 722. The summed E-state index contributed by atoms with van der Waals surface area (Å²) in [6.45, 7) is 0.513. The molecule has 0 unspecified atom stereocenters. The van der Waals surface area contributed by atoms with Crippen LogP contribution in [0, 0.1) is 11.3 Å². The normalized spacial score (nSPS) is 9.90. The van der Waals surface area contributed by atoms with E-state index in [-0.39, 0.29) is 5.56 Å². The smallest absolute Gasteiger partial charge is 0.337 e. The highest BCUT2D eigenvalue weighted by atomic mass is 16.4. The lowest BCUT2D eigenvalue weighted by Gasteiger charge is -2.20. The Kier molecular flexibility index (Phi) is 4.05. The highest BCUT2D eigenvalue weighted by molar-refractivity contribution is 5.89. The largest absolute Gasteiger partial charge is 0.478 e. The van der Waals surface area contributed by atoms with E-state index < -0.39 is 5.97 Å². The van der Waals surface area contributed by atoms with E-state index in [1.54, 1.807) is 24.1 Å². The molecule has 0 fully saturated rings. The van der Waals surface area contributed by atoms with E-state index in [0.29, 0.717) is 23.6 Å². The molecule has 0 saturated carbocycles. The molecule has 0 saturated heterocycles. The zero-order valence-corrected chi connectivity index (χ0v) is 11.4. The topological polar surface area (TPSA) is 103 Å². The maximum absolute atomic E-state index is 10.9. The van der Waals surface area contributed by atoms with Crippen molar-refractivity contribution in [2.75, 3.05) is 17.7 Å². The molecule has 1 aromatic carbocycles. The van der Waals surface area contributed by atoms with Crippen molar-refractivity contribution in [1.29, 1.82) is 5.26 Å². The van der Waals surface area contributed by atoms with Gasteiger partial charge in [0.15, 0.2) is 5.82 Å². The van der Waals surface area contributed by atoms with Crippen LogP contribution in [0.4, 0.5) is 11.5 Å². The maximum atomic E-state index is 10.9. The number of anilines is 2. The first kappa shape index (κ1) is 14.3. The molecule has 0 aliphatic carbocycles. The first-order valence-corrected chi connectivity index (χ1v) is 6.20. The Morgan fingerprint density at radius 3 is 2.86 bits per heavy atom. The van der Waals surface area contributed by atoms with Crippen molar-refractivity contribution in [3.63, 3.8) is 0 Å². The molecule has 0 amide bonds. The number of aromatic nitrogens is 1. The van der Waals surface area contributed by atoms with Crippen LogP contribution in [-0.2, 0) is 6.54 Å². The van der Waals surface area contributed by atoms with E-state index in [4.69, 9.17) is 16.1 Å². The number of carboxylic acids is 1. The number of nitrogens with zero attached hydrogens (tertiary/aromatic N) is 3. The molecule has 2 rings (SSSR count). The third kappa shape index (κ3) is 3.28. The van der Waals surface area contributed by atoms with Gasteiger partial charge in [-0.1, -0.05) is 12.1 Å². The van der Waals surface area contributed by atoms with Crippen molar-refractivity contribution in [3.8, 4) is 6.07 Å². The first-order valence-electron chi connectivity index (χ1n) is 6.20. The molecule has 0 aliphatic heterocycles. The van der Waals surface area contributed by atoms with E-state index in [1.807, 2.05) is 12.1 Å². The average molecular weight is 282 g/mol. The molecule has 0 radical (unpaired) electrons. The lowest BCUT2D eigenvalue weighted by molar-refractivity contribution is 0.0696. The predicted octanol–water partition coefficient (Wildman–Crippen LogP) is 1.87. The number of hydrogen-bond acceptors (Lipinski definition) is 5. The number of benzene rings is 1. The Hall–Kier alpha value is -3.07. The van der Waals surface area contributed by atoms with Gasteiger partial charge in [-0.25, -0.2) is 9.78 Å². The number of nitrogen functional groups attached to an aromatic ring is 1. The minimum atomic E-state index is -1.06. The first-order chi connectivity index (χ1) is 10.0. The predicted molar refractivity (Wildman–Crippen MR) is 78.9 cm³/mol. The molecule has 0 aliphatic rings. The summed E-state index contributed by atoms with van der Waals surface area (Å²) in [4.78, 5) is 16.8. The molecule has 1 heterocycles. The van der Waals surface area contributed by atoms with Crippen LogP contribution >= 0.6 is 0 Å². The fourth-order valence-corrected chi connectivity index (χ4v) is 2.00. The van der Waals surface area contributed by atoms with Crippen molar-refractivity contribution in [1.82, 2.24) is 4.98 Å². The number of aromatic carboxylic acids is 1. The van der Waals surface area contributed by atoms with Crippen LogP contribution in [0.3, 0.4) is 0 Å². The Balaban J connectivity index is 2.22. The molecule has 0 atom stereocenters. The minimum absolute atomic E-state index is 0.0520. The Morgan fingerprint density at radius 1 is 1.48 bits per heavy atom. The molecule has 0 bridgehead atoms. The van der Waals surface area contributed by atoms with Crippen molar-refractivity contribution in [2.45, 2.75) is 6.54 Å². The summed E-state index contributed by atoms with van der Waals surface area (Å²) >= 11 is 0. The van der Waals surface area contributed by atoms with Gasteiger partial charge in [0.1, 0.15) is 0 Å². The van der Waals surface area contributed by atoms with E-state index in [9.17, 15) is 4.79 Å². The van der Waals surface area contributed by atoms with E-state index in [0.717, 1.165) is 5.56 Å². The standard InChI is InChI=1S/C15H14N4O2/c1-19(9-11-4-2-3-10(5-11)7-16)14-13(17)6-12(8-18-14)15(20)21/h2-6,8H,9,17H2,1H3,(H,20,21). The van der Waals surface area contributed by atoms with Crippen LogP contribution in [0.1, 0.15) is 21.5 Å². The SMILES string of the molecule is CN(Cc1cccc(C#N)c1)c1ncc(C(=O)O)cc1N. The van der Waals surface area contributed by atoms with E-state index in [2.05, 4.69) is 11.1 Å². The van der Waals surface area contributed by atoms with E-state index in [1.165, 1.54) is 12.3 Å². The molecular weight excluding hydrogens is 268 g/mol. The molecule has 1 aromatic heterocycles. The molecule has 3 N–H and O–H groups in total. The van der Waals surface area contributed by atoms with E-state index >= 15 is 0 Å². The zero-order chi connectivity index (χ0) is 15.4. The van der Waals surface area contributed by atoms with Gasteiger partial charge in [-0.2, -0.15) is 5.26 Å². The summed E-state index contributed by atoms with van der Waals surface area (Å²) in [6.07, 6.45) is 1.27. The Morgan fingerprint density at radius 2 is 2.24 bits per heavy atom. The molecule has 21 heavy (non-hydrogen) atoms. The number of nitrogens with two attached hydrogens (primary N) is 1. The van der Waals surface area contributed by atoms with Gasteiger partial charge < -0.3 is 15.7 Å². The van der Waals surface area contributed by atoms with Crippen molar-refractivity contribution >= 4 is 17.5 Å². The fraction of sp³-hybridized carbons (Fsp3) is 0.133. The Labute approximate surface area is 122 Å². The van der Waals surface area contributed by atoms with Gasteiger partial charge in [-0.05, 0) is 23.8 Å². The second kappa shape index (κ2) is 5.92. The quantitative estimate of drug-likeness (QED) is 0.887. The lowest BCUT2D eigenvalue weighted by atomic mass is 10.1. The summed E-state index contributed by atoms with van der Waals surface area (Å²) in [7, 11) is 1.80. The van der Waals surface area contributed by atoms with Crippen LogP contribution in [0.5, 0.6) is 0 Å². The van der Waals surface area contributed by atoms with Gasteiger partial charge in [0.2, 0.25) is 0 Å². The number of carbonyl (C=O) groups is 1. The summed E-state index contributed by atoms with van der Waals surface area (Å²) < 4.78 is 0. The number of hydrogen-bond donors (Lipinski definition) is 2. The molecule has 2 aromatic rings. The second-order valence-corrected chi connectivity index (χ2v) is 4.61. The summed E-state index contributed by atoms with van der Waals surface area (Å²) in [5.41, 5.74) is 7.73. The highest BCUT2D eigenvalue weighted by Crippen LogP contribution is 2.22. The van der Waals surface area contributed by atoms with Crippen molar-refractivity contribution in [2.24, 2.45) is 0 Å². The van der Waals surface area contributed by atoms with Gasteiger partial charge >= 0.3 is 5.97 Å². The van der Waals surface area contributed by atoms with Gasteiger partial charge in [0.05, 0.1) is 22.9 Å². The summed E-state index contributed by atoms with van der Waals surface area (Å²) in [6, 6.07) is 10.7. The van der Waals surface area contributed by atoms with Crippen LogP contribution < -0.4 is 10.6 Å². The zero-order valence-electron chi connectivity index (χ0n) is 11.4. The van der Waals surface area contributed by atoms with Crippen molar-refractivity contribution < 1.29 is 9.90 Å². The van der Waals surface area contributed by atoms with Crippen molar-refractivity contribution in [3.05, 3.63) is 53.2 Å². The van der Waals surface area contributed by atoms with Gasteiger partial charge in [0, 0.05) is 19.8 Å².